The molecule has 0 spiro atoms. The number of aldehydes is 1. The van der Waals surface area contributed by atoms with E-state index < -0.39 is 0 Å². The molecule has 27 heavy (non-hydrogen) atoms. The van der Waals surface area contributed by atoms with Gasteiger partial charge in [-0.15, -0.1) is 0 Å². The normalized spacial score (nSPS) is 12.9. The van der Waals surface area contributed by atoms with Crippen molar-refractivity contribution >= 4 is 6.29 Å². The van der Waals surface area contributed by atoms with Crippen molar-refractivity contribution in [3.63, 3.8) is 0 Å². The van der Waals surface area contributed by atoms with Crippen molar-refractivity contribution in [1.82, 2.24) is 0 Å². The topological polar surface area (TPSA) is 80.4 Å². The van der Waals surface area contributed by atoms with Gasteiger partial charge in [-0.25, -0.2) is 0 Å². The molecule has 0 aromatic rings. The van der Waals surface area contributed by atoms with Crippen LogP contribution in [-0.2, 0) is 4.79 Å². The van der Waals surface area contributed by atoms with Gasteiger partial charge in [0.1, 0.15) is 0 Å². The molecule has 0 rings (SSSR count). The summed E-state index contributed by atoms with van der Waals surface area (Å²) in [6.07, 6.45) is 20.3. The Kier molecular flexibility index (Phi) is 18.4. The van der Waals surface area contributed by atoms with Crippen molar-refractivity contribution < 1.29 is 14.8 Å². The van der Waals surface area contributed by atoms with Gasteiger partial charge in [-0.05, 0) is 31.8 Å². The Morgan fingerprint density at radius 1 is 0.852 bits per heavy atom. The molecule has 0 radical (unpaired) electrons. The first-order valence-electron chi connectivity index (χ1n) is 11.1. The molecule has 0 aromatic heterocycles. The fourth-order valence-electron chi connectivity index (χ4n) is 3.40. The molecule has 0 saturated carbocycles. The number of rotatable bonds is 20. The number of carbonyl (C=O) groups excluding carboxylic acids is 1. The Hall–Kier alpha value is -1.39. The molecular weight excluding hydrogens is 342 g/mol. The number of nitrogens with zero attached hydrogens (tertiary/aromatic N) is 1. The molecule has 158 valence electrons. The predicted octanol–water partition coefficient (Wildman–Crippen LogP) is 6.92. The van der Waals surface area contributed by atoms with Gasteiger partial charge >= 0.3 is 0 Å². The summed E-state index contributed by atoms with van der Waals surface area (Å²) >= 11 is 0. The molecule has 1 unspecified atom stereocenters. The van der Waals surface area contributed by atoms with Crippen LogP contribution in [0.4, 0.5) is 0 Å². The van der Waals surface area contributed by atoms with E-state index in [9.17, 15) is 14.9 Å². The number of hydrogen-bond acceptors (Lipinski definition) is 4. The van der Waals surface area contributed by atoms with Crippen molar-refractivity contribution in [1.29, 1.82) is 0 Å². The molecule has 0 bridgehead atoms. The smallest absolute Gasteiger partial charge is 0.213 e. The lowest BCUT2D eigenvalue weighted by Gasteiger charge is -2.09. The summed E-state index contributed by atoms with van der Waals surface area (Å²) in [6.45, 7) is 2.18. The second kappa shape index (κ2) is 19.4. The molecule has 0 saturated heterocycles. The number of carbonyl (C=O) groups is 1. The fourth-order valence-corrected chi connectivity index (χ4v) is 3.40. The summed E-state index contributed by atoms with van der Waals surface area (Å²) in [4.78, 5) is 21.3. The first kappa shape index (κ1) is 25.6. The zero-order chi connectivity index (χ0) is 20.2. The molecule has 5 nitrogen and oxygen atoms in total. The Labute approximate surface area is 165 Å². The SMILES string of the molecule is CCCCCCCC(CCCCCCCCCCCC=C(O)C=O)[N+](=O)[O-]. The van der Waals surface area contributed by atoms with Crippen molar-refractivity contribution in [3.8, 4) is 0 Å². The summed E-state index contributed by atoms with van der Waals surface area (Å²) in [5, 5.41) is 20.2. The van der Waals surface area contributed by atoms with Crippen LogP contribution in [0.3, 0.4) is 0 Å². The summed E-state index contributed by atoms with van der Waals surface area (Å²) < 4.78 is 0. The predicted molar refractivity (Wildman–Crippen MR) is 112 cm³/mol. The van der Waals surface area contributed by atoms with E-state index in [1.807, 2.05) is 0 Å². The van der Waals surface area contributed by atoms with Gasteiger partial charge in [0.25, 0.3) is 0 Å². The van der Waals surface area contributed by atoms with Crippen LogP contribution < -0.4 is 0 Å². The minimum atomic E-state index is -0.334. The molecule has 1 atom stereocenters. The van der Waals surface area contributed by atoms with Crippen molar-refractivity contribution in [2.24, 2.45) is 0 Å². The Bertz CT molecular complexity index is 396. The second-order valence-electron chi connectivity index (χ2n) is 7.65. The zero-order valence-electron chi connectivity index (χ0n) is 17.4. The van der Waals surface area contributed by atoms with E-state index >= 15 is 0 Å². The van der Waals surface area contributed by atoms with Crippen LogP contribution in [0, 0.1) is 10.1 Å². The third-order valence-corrected chi connectivity index (χ3v) is 5.15. The first-order valence-corrected chi connectivity index (χ1v) is 11.1. The Morgan fingerprint density at radius 3 is 1.74 bits per heavy atom. The molecule has 1 N–H and O–H groups in total. The Balaban J connectivity index is 3.46. The van der Waals surface area contributed by atoms with Gasteiger partial charge in [0, 0.05) is 17.8 Å². The summed E-state index contributed by atoms with van der Waals surface area (Å²) in [6, 6.07) is -0.334. The molecule has 0 aliphatic heterocycles. The summed E-state index contributed by atoms with van der Waals surface area (Å²) in [5.74, 6) is -0.161. The number of aliphatic hydroxyl groups is 1. The molecule has 0 heterocycles. The number of allylic oxidation sites excluding steroid dienone is 2. The number of nitro groups is 1. The van der Waals surface area contributed by atoms with E-state index in [2.05, 4.69) is 6.92 Å². The molecule has 0 aromatic carbocycles. The van der Waals surface area contributed by atoms with Crippen LogP contribution in [0.1, 0.15) is 116 Å². The summed E-state index contributed by atoms with van der Waals surface area (Å²) in [7, 11) is 0. The first-order chi connectivity index (χ1) is 13.1. The van der Waals surface area contributed by atoms with E-state index in [4.69, 9.17) is 5.11 Å². The monoisotopic (exact) mass is 383 g/mol. The van der Waals surface area contributed by atoms with Crippen molar-refractivity contribution in [2.45, 2.75) is 122 Å². The fraction of sp³-hybridized carbons (Fsp3) is 0.864. The van der Waals surface area contributed by atoms with Crippen LogP contribution in [0.25, 0.3) is 0 Å². The average molecular weight is 384 g/mol. The number of aliphatic hydroxyl groups excluding tert-OH is 1. The lowest BCUT2D eigenvalue weighted by molar-refractivity contribution is -0.524. The highest BCUT2D eigenvalue weighted by Crippen LogP contribution is 2.16. The number of unbranched alkanes of at least 4 members (excludes halogenated alkanes) is 13. The van der Waals surface area contributed by atoms with Gasteiger partial charge in [-0.3, -0.25) is 14.9 Å². The molecule has 5 heteroatoms. The van der Waals surface area contributed by atoms with Crippen molar-refractivity contribution in [2.75, 3.05) is 0 Å². The van der Waals surface area contributed by atoms with Gasteiger partial charge in [0.2, 0.25) is 6.04 Å². The molecule has 0 aliphatic carbocycles. The molecule has 0 amide bonds. The summed E-state index contributed by atoms with van der Waals surface area (Å²) in [5.41, 5.74) is 0. The van der Waals surface area contributed by atoms with Crippen LogP contribution >= 0.6 is 0 Å². The molecule has 0 fully saturated rings. The maximum Gasteiger partial charge on any atom is 0.213 e. The van der Waals surface area contributed by atoms with E-state index in [0.717, 1.165) is 57.8 Å². The van der Waals surface area contributed by atoms with Gasteiger partial charge in [-0.2, -0.15) is 0 Å². The second-order valence-corrected chi connectivity index (χ2v) is 7.65. The van der Waals surface area contributed by atoms with E-state index in [-0.39, 0.29) is 16.7 Å². The largest absolute Gasteiger partial charge is 0.505 e. The van der Waals surface area contributed by atoms with Gasteiger partial charge < -0.3 is 5.11 Å². The van der Waals surface area contributed by atoms with Crippen LogP contribution in [0.5, 0.6) is 0 Å². The third-order valence-electron chi connectivity index (χ3n) is 5.15. The van der Waals surface area contributed by atoms with Crippen molar-refractivity contribution in [3.05, 3.63) is 21.9 Å². The number of hydrogen-bond donors (Lipinski definition) is 1. The maximum absolute atomic E-state index is 11.2. The molecule has 0 aliphatic rings. The van der Waals surface area contributed by atoms with E-state index in [1.54, 1.807) is 6.08 Å². The minimum absolute atomic E-state index is 0.0656. The van der Waals surface area contributed by atoms with Gasteiger partial charge in [-0.1, -0.05) is 77.6 Å². The lowest BCUT2D eigenvalue weighted by atomic mass is 10.0. The maximum atomic E-state index is 11.2. The van der Waals surface area contributed by atoms with E-state index in [0.29, 0.717) is 6.29 Å². The highest BCUT2D eigenvalue weighted by molar-refractivity contribution is 5.69. The standard InChI is InChI=1S/C22H41NO4/c1-2-3-4-11-14-17-21(23(26)27)18-15-12-9-7-5-6-8-10-13-16-19-22(25)20-24/h19-21,25H,2-18H2,1H3. The highest BCUT2D eigenvalue weighted by atomic mass is 16.6. The average Bonchev–Trinajstić information content (AvgIpc) is 2.66. The molecular formula is C22H41NO4. The van der Waals surface area contributed by atoms with Gasteiger partial charge in [0.15, 0.2) is 12.0 Å². The van der Waals surface area contributed by atoms with Crippen LogP contribution in [0.15, 0.2) is 11.8 Å². The quantitative estimate of drug-likeness (QED) is 0.0617. The van der Waals surface area contributed by atoms with Crippen LogP contribution in [-0.4, -0.2) is 22.4 Å². The highest BCUT2D eigenvalue weighted by Gasteiger charge is 2.18. The van der Waals surface area contributed by atoms with E-state index in [1.165, 1.54) is 51.4 Å². The lowest BCUT2D eigenvalue weighted by Crippen LogP contribution is -2.19. The third kappa shape index (κ3) is 17.8. The van der Waals surface area contributed by atoms with Gasteiger partial charge in [0.05, 0.1) is 0 Å². The minimum Gasteiger partial charge on any atom is -0.505 e. The van der Waals surface area contributed by atoms with Crippen LogP contribution in [0.2, 0.25) is 0 Å². The zero-order valence-corrected chi connectivity index (χ0v) is 17.4. The Morgan fingerprint density at radius 2 is 1.30 bits per heavy atom.